The summed E-state index contributed by atoms with van der Waals surface area (Å²) in [6, 6.07) is 0. The molecule has 0 fully saturated rings. The Kier molecular flexibility index (Phi) is 3.95. The third-order valence-electron chi connectivity index (χ3n) is 1.92. The number of anilines is 1. The summed E-state index contributed by atoms with van der Waals surface area (Å²) < 4.78 is 1.22. The zero-order valence-electron chi connectivity index (χ0n) is 8.38. The molecule has 0 aliphatic rings. The van der Waals surface area contributed by atoms with Crippen LogP contribution in [0.3, 0.4) is 0 Å². The molecule has 0 radical (unpaired) electrons. The van der Waals surface area contributed by atoms with Crippen LogP contribution in [0.15, 0.2) is 11.0 Å². The van der Waals surface area contributed by atoms with Gasteiger partial charge in [-0.3, -0.25) is 4.79 Å². The lowest BCUT2D eigenvalue weighted by atomic mass is 10.3. The van der Waals surface area contributed by atoms with Crippen LogP contribution >= 0.6 is 11.6 Å². The van der Waals surface area contributed by atoms with Crippen molar-refractivity contribution in [1.29, 1.82) is 0 Å². The summed E-state index contributed by atoms with van der Waals surface area (Å²) in [6.07, 6.45) is 3.72. The van der Waals surface area contributed by atoms with Crippen molar-refractivity contribution < 1.29 is 0 Å². The molecule has 1 aromatic heterocycles. The maximum atomic E-state index is 11.4. The van der Waals surface area contributed by atoms with Crippen molar-refractivity contribution in [2.24, 2.45) is 7.05 Å². The highest BCUT2D eigenvalue weighted by Crippen LogP contribution is 2.14. The van der Waals surface area contributed by atoms with Gasteiger partial charge in [0, 0.05) is 13.6 Å². The van der Waals surface area contributed by atoms with Gasteiger partial charge in [-0.05, 0) is 6.42 Å². The molecule has 0 spiro atoms. The first-order valence-electron chi connectivity index (χ1n) is 4.62. The molecule has 1 rings (SSSR count). The first kappa shape index (κ1) is 11.0. The van der Waals surface area contributed by atoms with Crippen molar-refractivity contribution in [3.05, 3.63) is 21.6 Å². The zero-order valence-corrected chi connectivity index (χ0v) is 9.14. The predicted octanol–water partition coefficient (Wildman–Crippen LogP) is 1.65. The van der Waals surface area contributed by atoms with Gasteiger partial charge in [-0.2, -0.15) is 5.10 Å². The fourth-order valence-corrected chi connectivity index (χ4v) is 1.27. The lowest BCUT2D eigenvalue weighted by molar-refractivity contribution is 0.707. The van der Waals surface area contributed by atoms with E-state index < -0.39 is 0 Å². The van der Waals surface area contributed by atoms with E-state index in [0.717, 1.165) is 19.4 Å². The number of hydrogen-bond acceptors (Lipinski definition) is 3. The minimum atomic E-state index is -0.270. The summed E-state index contributed by atoms with van der Waals surface area (Å²) in [5.74, 6) is 0. The van der Waals surface area contributed by atoms with E-state index in [1.165, 1.54) is 4.68 Å². The Labute approximate surface area is 87.9 Å². The standard InChI is InChI=1S/C9H14ClN3O/c1-3-4-5-11-7-6-12-13(2)9(14)8(7)10/h6,11H,3-5H2,1-2H3. The van der Waals surface area contributed by atoms with Crippen LogP contribution in [0.1, 0.15) is 19.8 Å². The first-order chi connectivity index (χ1) is 6.66. The smallest absolute Gasteiger partial charge is 0.287 e. The molecule has 0 saturated carbocycles. The van der Waals surface area contributed by atoms with E-state index >= 15 is 0 Å². The average Bonchev–Trinajstić information content (AvgIpc) is 2.18. The minimum Gasteiger partial charge on any atom is -0.382 e. The molecule has 0 aliphatic heterocycles. The highest BCUT2D eigenvalue weighted by Gasteiger charge is 2.05. The van der Waals surface area contributed by atoms with Crippen molar-refractivity contribution in [2.75, 3.05) is 11.9 Å². The molecule has 1 N–H and O–H groups in total. The summed E-state index contributed by atoms with van der Waals surface area (Å²) in [4.78, 5) is 11.4. The molecule has 0 aliphatic carbocycles. The fourth-order valence-electron chi connectivity index (χ4n) is 1.03. The van der Waals surface area contributed by atoms with Crippen molar-refractivity contribution in [2.45, 2.75) is 19.8 Å². The Balaban J connectivity index is 2.79. The average molecular weight is 216 g/mol. The number of rotatable bonds is 4. The van der Waals surface area contributed by atoms with E-state index in [-0.39, 0.29) is 10.6 Å². The SMILES string of the molecule is CCCCNc1cnn(C)c(=O)c1Cl. The Morgan fingerprint density at radius 1 is 1.64 bits per heavy atom. The van der Waals surface area contributed by atoms with Gasteiger partial charge in [0.05, 0.1) is 11.9 Å². The topological polar surface area (TPSA) is 46.9 Å². The molecule has 4 nitrogen and oxygen atoms in total. The monoisotopic (exact) mass is 215 g/mol. The van der Waals surface area contributed by atoms with E-state index in [4.69, 9.17) is 11.6 Å². The Hall–Kier alpha value is -1.03. The van der Waals surface area contributed by atoms with Gasteiger partial charge in [-0.1, -0.05) is 24.9 Å². The summed E-state index contributed by atoms with van der Waals surface area (Å²) in [7, 11) is 1.57. The number of halogens is 1. The van der Waals surface area contributed by atoms with Gasteiger partial charge in [0.1, 0.15) is 5.02 Å². The largest absolute Gasteiger partial charge is 0.382 e. The molecule has 1 heterocycles. The number of nitrogens with one attached hydrogen (secondary N) is 1. The third-order valence-corrected chi connectivity index (χ3v) is 2.29. The Morgan fingerprint density at radius 3 is 3.00 bits per heavy atom. The van der Waals surface area contributed by atoms with Crippen molar-refractivity contribution in [3.63, 3.8) is 0 Å². The second-order valence-electron chi connectivity index (χ2n) is 3.08. The van der Waals surface area contributed by atoms with Crippen LogP contribution in [0, 0.1) is 0 Å². The fraction of sp³-hybridized carbons (Fsp3) is 0.556. The summed E-state index contributed by atoms with van der Waals surface area (Å²) in [5, 5.41) is 7.16. The van der Waals surface area contributed by atoms with E-state index in [1.807, 2.05) is 0 Å². The number of aryl methyl sites for hydroxylation is 1. The number of hydrogen-bond donors (Lipinski definition) is 1. The van der Waals surface area contributed by atoms with E-state index in [0.29, 0.717) is 5.69 Å². The van der Waals surface area contributed by atoms with E-state index in [2.05, 4.69) is 17.3 Å². The lowest BCUT2D eigenvalue weighted by Gasteiger charge is -2.07. The minimum absolute atomic E-state index is 0.207. The molecule has 0 saturated heterocycles. The van der Waals surface area contributed by atoms with Gasteiger partial charge < -0.3 is 5.32 Å². The normalized spacial score (nSPS) is 10.2. The van der Waals surface area contributed by atoms with Gasteiger partial charge in [-0.25, -0.2) is 4.68 Å². The maximum absolute atomic E-state index is 11.4. The molecule has 0 aromatic carbocycles. The van der Waals surface area contributed by atoms with Crippen molar-refractivity contribution >= 4 is 17.3 Å². The van der Waals surface area contributed by atoms with E-state index in [9.17, 15) is 4.79 Å². The van der Waals surface area contributed by atoms with Gasteiger partial charge in [-0.15, -0.1) is 0 Å². The Morgan fingerprint density at radius 2 is 2.36 bits per heavy atom. The molecular formula is C9H14ClN3O. The van der Waals surface area contributed by atoms with Crippen molar-refractivity contribution in [3.8, 4) is 0 Å². The Bertz CT molecular complexity index is 362. The first-order valence-corrected chi connectivity index (χ1v) is 5.00. The van der Waals surface area contributed by atoms with Crippen molar-refractivity contribution in [1.82, 2.24) is 9.78 Å². The molecule has 5 heteroatoms. The van der Waals surface area contributed by atoms with Crippen LogP contribution in [0.25, 0.3) is 0 Å². The number of nitrogens with zero attached hydrogens (tertiary/aromatic N) is 2. The highest BCUT2D eigenvalue weighted by atomic mass is 35.5. The summed E-state index contributed by atoms with van der Waals surface area (Å²) in [5.41, 5.74) is 0.344. The quantitative estimate of drug-likeness (QED) is 0.777. The maximum Gasteiger partial charge on any atom is 0.287 e. The number of unbranched alkanes of at least 4 members (excludes halogenated alkanes) is 1. The molecule has 1 aromatic rings. The molecule has 14 heavy (non-hydrogen) atoms. The third kappa shape index (κ3) is 2.48. The molecule has 0 unspecified atom stereocenters. The van der Waals surface area contributed by atoms with Crippen LogP contribution in [0.4, 0.5) is 5.69 Å². The van der Waals surface area contributed by atoms with Gasteiger partial charge in [0.15, 0.2) is 0 Å². The molecule has 78 valence electrons. The van der Waals surface area contributed by atoms with E-state index in [1.54, 1.807) is 13.2 Å². The molecule has 0 amide bonds. The summed E-state index contributed by atoms with van der Waals surface area (Å²) in [6.45, 7) is 2.91. The second kappa shape index (κ2) is 5.00. The van der Waals surface area contributed by atoms with Crippen LogP contribution in [-0.4, -0.2) is 16.3 Å². The van der Waals surface area contributed by atoms with Gasteiger partial charge >= 0.3 is 0 Å². The van der Waals surface area contributed by atoms with Gasteiger partial charge in [0.25, 0.3) is 5.56 Å². The second-order valence-corrected chi connectivity index (χ2v) is 3.46. The van der Waals surface area contributed by atoms with Crippen LogP contribution in [0.5, 0.6) is 0 Å². The van der Waals surface area contributed by atoms with Crippen LogP contribution in [-0.2, 0) is 7.05 Å². The lowest BCUT2D eigenvalue weighted by Crippen LogP contribution is -2.21. The zero-order chi connectivity index (χ0) is 10.6. The molecule has 0 atom stereocenters. The highest BCUT2D eigenvalue weighted by molar-refractivity contribution is 6.32. The van der Waals surface area contributed by atoms with Crippen LogP contribution in [0.2, 0.25) is 5.02 Å². The van der Waals surface area contributed by atoms with Crippen LogP contribution < -0.4 is 10.9 Å². The summed E-state index contributed by atoms with van der Waals surface area (Å²) >= 11 is 5.84. The molecule has 0 bridgehead atoms. The molecular weight excluding hydrogens is 202 g/mol. The van der Waals surface area contributed by atoms with Gasteiger partial charge in [0.2, 0.25) is 0 Å². The number of aromatic nitrogens is 2. The predicted molar refractivity (Wildman–Crippen MR) is 57.9 cm³/mol.